The molecule has 1 aliphatic carbocycles. The average molecular weight is 358 g/mol. The van der Waals surface area contributed by atoms with Crippen LogP contribution < -0.4 is 0 Å². The summed E-state index contributed by atoms with van der Waals surface area (Å²) in [4.78, 5) is 2.60. The van der Waals surface area contributed by atoms with Crippen molar-refractivity contribution in [1.82, 2.24) is 4.90 Å². The van der Waals surface area contributed by atoms with Crippen LogP contribution in [-0.4, -0.2) is 29.6 Å². The van der Waals surface area contributed by atoms with Gasteiger partial charge in [-0.2, -0.15) is 0 Å². The highest BCUT2D eigenvalue weighted by Gasteiger charge is 2.43. The number of aryl methyl sites for hydroxylation is 1. The van der Waals surface area contributed by atoms with E-state index in [1.165, 1.54) is 30.6 Å². The van der Waals surface area contributed by atoms with E-state index in [4.69, 9.17) is 0 Å². The number of hydrogen-bond acceptors (Lipinski definition) is 2. The molecule has 0 aromatic heterocycles. The SMILES string of the molecule is CCN1CC[C@H]2[C@H](c3ccc(CO)cc3)c3cc(C)ccc3[C@H]2C1.Cl. The monoisotopic (exact) mass is 357 g/mol. The lowest BCUT2D eigenvalue weighted by atomic mass is 9.78. The van der Waals surface area contributed by atoms with E-state index in [1.807, 2.05) is 0 Å². The molecule has 3 atom stereocenters. The molecule has 0 amide bonds. The summed E-state index contributed by atoms with van der Waals surface area (Å²) in [5.41, 5.74) is 6.88. The molecule has 1 aliphatic heterocycles. The minimum absolute atomic E-state index is 0. The molecule has 2 nitrogen and oxygen atoms in total. The van der Waals surface area contributed by atoms with Crippen molar-refractivity contribution in [2.45, 2.75) is 38.7 Å². The first-order valence-electron chi connectivity index (χ1n) is 9.23. The maximum atomic E-state index is 9.33. The molecular weight excluding hydrogens is 330 g/mol. The number of benzene rings is 2. The van der Waals surface area contributed by atoms with Crippen molar-refractivity contribution in [2.75, 3.05) is 19.6 Å². The van der Waals surface area contributed by atoms with E-state index in [-0.39, 0.29) is 19.0 Å². The molecule has 1 N–H and O–H groups in total. The summed E-state index contributed by atoms with van der Waals surface area (Å²) in [6.45, 7) is 8.17. The molecule has 0 saturated carbocycles. The maximum absolute atomic E-state index is 9.33. The molecule has 0 radical (unpaired) electrons. The molecule has 0 bridgehead atoms. The summed E-state index contributed by atoms with van der Waals surface area (Å²) in [6.07, 6.45) is 1.28. The Kier molecular flexibility index (Phi) is 5.52. The highest BCUT2D eigenvalue weighted by Crippen LogP contribution is 2.53. The molecule has 4 rings (SSSR count). The largest absolute Gasteiger partial charge is 0.392 e. The van der Waals surface area contributed by atoms with Crippen LogP contribution in [0.15, 0.2) is 42.5 Å². The van der Waals surface area contributed by atoms with Crippen LogP contribution in [0, 0.1) is 12.8 Å². The third-order valence-corrected chi connectivity index (χ3v) is 6.12. The second-order valence-electron chi connectivity index (χ2n) is 7.46. The second-order valence-corrected chi connectivity index (χ2v) is 7.46. The number of piperidine rings is 1. The van der Waals surface area contributed by atoms with Gasteiger partial charge in [0.15, 0.2) is 0 Å². The van der Waals surface area contributed by atoms with E-state index in [1.54, 1.807) is 11.1 Å². The Morgan fingerprint density at radius 2 is 1.84 bits per heavy atom. The van der Waals surface area contributed by atoms with Gasteiger partial charge in [0.25, 0.3) is 0 Å². The maximum Gasteiger partial charge on any atom is 0.0681 e. The standard InChI is InChI=1S/C22H27NO.ClH/c1-3-23-11-10-19-21(13-23)18-9-4-15(2)12-20(18)22(19)17-7-5-16(14-24)6-8-17;/h4-9,12,19,21-22,24H,3,10-11,13-14H2,1-2H3;1H/t19-,21-,22+;/m1./s1. The Balaban J connectivity index is 0.00000182. The van der Waals surface area contributed by atoms with Crippen LogP contribution in [0.25, 0.3) is 0 Å². The lowest BCUT2D eigenvalue weighted by Gasteiger charge is -2.37. The van der Waals surface area contributed by atoms with E-state index < -0.39 is 0 Å². The zero-order valence-electron chi connectivity index (χ0n) is 15.1. The number of nitrogens with zero attached hydrogens (tertiary/aromatic N) is 1. The summed E-state index contributed by atoms with van der Waals surface area (Å²) in [5, 5.41) is 9.33. The number of fused-ring (bicyclic) bond motifs is 3. The fourth-order valence-electron chi connectivity index (χ4n) is 4.84. The van der Waals surface area contributed by atoms with Gasteiger partial charge in [0.1, 0.15) is 0 Å². The molecule has 0 spiro atoms. The van der Waals surface area contributed by atoms with Gasteiger partial charge in [0, 0.05) is 18.4 Å². The van der Waals surface area contributed by atoms with E-state index in [0.717, 1.165) is 12.1 Å². The van der Waals surface area contributed by atoms with E-state index >= 15 is 0 Å². The van der Waals surface area contributed by atoms with Gasteiger partial charge < -0.3 is 10.0 Å². The van der Waals surface area contributed by atoms with Crippen molar-refractivity contribution < 1.29 is 5.11 Å². The highest BCUT2D eigenvalue weighted by molar-refractivity contribution is 5.85. The minimum Gasteiger partial charge on any atom is -0.392 e. The molecular formula is C22H28ClNO. The zero-order chi connectivity index (χ0) is 16.7. The summed E-state index contributed by atoms with van der Waals surface area (Å²) in [7, 11) is 0. The number of likely N-dealkylation sites (N-methyl/N-ethyl adjacent to an activating group) is 1. The third kappa shape index (κ3) is 3.23. The van der Waals surface area contributed by atoms with Gasteiger partial charge in [-0.05, 0) is 54.6 Å². The van der Waals surface area contributed by atoms with Crippen molar-refractivity contribution in [3.05, 3.63) is 70.3 Å². The fourth-order valence-corrected chi connectivity index (χ4v) is 4.84. The number of aliphatic hydroxyl groups excluding tert-OH is 1. The van der Waals surface area contributed by atoms with Crippen LogP contribution in [0.3, 0.4) is 0 Å². The van der Waals surface area contributed by atoms with Gasteiger partial charge in [0.2, 0.25) is 0 Å². The Labute approximate surface area is 157 Å². The second kappa shape index (κ2) is 7.49. The summed E-state index contributed by atoms with van der Waals surface area (Å²) >= 11 is 0. The quantitative estimate of drug-likeness (QED) is 0.875. The lowest BCUT2D eigenvalue weighted by Crippen LogP contribution is -2.38. The number of halogens is 1. The Morgan fingerprint density at radius 3 is 2.52 bits per heavy atom. The van der Waals surface area contributed by atoms with Gasteiger partial charge in [-0.15, -0.1) is 12.4 Å². The molecule has 1 fully saturated rings. The van der Waals surface area contributed by atoms with Crippen molar-refractivity contribution in [3.63, 3.8) is 0 Å². The first-order valence-corrected chi connectivity index (χ1v) is 9.23. The minimum atomic E-state index is 0. The van der Waals surface area contributed by atoms with Gasteiger partial charge in [0.05, 0.1) is 6.61 Å². The van der Waals surface area contributed by atoms with Gasteiger partial charge in [-0.25, -0.2) is 0 Å². The van der Waals surface area contributed by atoms with E-state index in [0.29, 0.717) is 17.8 Å². The molecule has 2 aliphatic rings. The third-order valence-electron chi connectivity index (χ3n) is 6.12. The van der Waals surface area contributed by atoms with E-state index in [9.17, 15) is 5.11 Å². The number of rotatable bonds is 3. The normalized spacial score (nSPS) is 25.2. The fraction of sp³-hybridized carbons (Fsp3) is 0.455. The molecule has 134 valence electrons. The Morgan fingerprint density at radius 1 is 1.08 bits per heavy atom. The lowest BCUT2D eigenvalue weighted by molar-refractivity contribution is 0.167. The zero-order valence-corrected chi connectivity index (χ0v) is 15.9. The highest BCUT2D eigenvalue weighted by atomic mass is 35.5. The van der Waals surface area contributed by atoms with Crippen LogP contribution in [0.5, 0.6) is 0 Å². The van der Waals surface area contributed by atoms with E-state index in [2.05, 4.69) is 61.2 Å². The molecule has 0 unspecified atom stereocenters. The van der Waals surface area contributed by atoms with Crippen molar-refractivity contribution in [1.29, 1.82) is 0 Å². The predicted molar refractivity (Wildman–Crippen MR) is 106 cm³/mol. The molecule has 2 aromatic carbocycles. The predicted octanol–water partition coefficient (Wildman–Crippen LogP) is 4.48. The summed E-state index contributed by atoms with van der Waals surface area (Å²) in [5.74, 6) is 1.89. The molecule has 1 saturated heterocycles. The molecule has 3 heteroatoms. The van der Waals surface area contributed by atoms with Gasteiger partial charge in [-0.1, -0.05) is 55.0 Å². The van der Waals surface area contributed by atoms with Crippen molar-refractivity contribution in [2.24, 2.45) is 5.92 Å². The topological polar surface area (TPSA) is 23.5 Å². The summed E-state index contributed by atoms with van der Waals surface area (Å²) in [6, 6.07) is 15.7. The van der Waals surface area contributed by atoms with Crippen molar-refractivity contribution in [3.8, 4) is 0 Å². The van der Waals surface area contributed by atoms with Crippen LogP contribution >= 0.6 is 12.4 Å². The number of hydrogen-bond donors (Lipinski definition) is 1. The molecule has 2 aromatic rings. The molecule has 25 heavy (non-hydrogen) atoms. The van der Waals surface area contributed by atoms with Crippen LogP contribution in [0.2, 0.25) is 0 Å². The average Bonchev–Trinajstić information content (AvgIpc) is 2.94. The van der Waals surface area contributed by atoms with Crippen LogP contribution in [0.1, 0.15) is 53.0 Å². The summed E-state index contributed by atoms with van der Waals surface area (Å²) < 4.78 is 0. The van der Waals surface area contributed by atoms with Crippen molar-refractivity contribution >= 4 is 12.4 Å². The van der Waals surface area contributed by atoms with Gasteiger partial charge >= 0.3 is 0 Å². The first-order chi connectivity index (χ1) is 11.7. The van der Waals surface area contributed by atoms with Gasteiger partial charge in [-0.3, -0.25) is 0 Å². The number of likely N-dealkylation sites (tertiary alicyclic amines) is 1. The Hall–Kier alpha value is -1.35. The first kappa shape index (κ1) is 18.4. The Bertz CT molecular complexity index is 727. The van der Waals surface area contributed by atoms with Crippen LogP contribution in [-0.2, 0) is 6.61 Å². The molecule has 1 heterocycles. The number of aliphatic hydroxyl groups is 1. The smallest absolute Gasteiger partial charge is 0.0681 e. The van der Waals surface area contributed by atoms with Crippen LogP contribution in [0.4, 0.5) is 0 Å².